The summed E-state index contributed by atoms with van der Waals surface area (Å²) >= 11 is 0. The number of anilines is 1. The molecule has 0 fully saturated rings. The van der Waals surface area contributed by atoms with Gasteiger partial charge in [0.15, 0.2) is 5.69 Å². The maximum absolute atomic E-state index is 13.6. The van der Waals surface area contributed by atoms with Crippen LogP contribution >= 0.6 is 0 Å². The normalized spacial score (nSPS) is 14.6. The van der Waals surface area contributed by atoms with Gasteiger partial charge in [0.1, 0.15) is 11.6 Å². The first-order valence-electron chi connectivity index (χ1n) is 9.60. The van der Waals surface area contributed by atoms with E-state index in [0.717, 1.165) is 29.1 Å². The van der Waals surface area contributed by atoms with Crippen molar-refractivity contribution < 1.29 is 26.3 Å². The first-order chi connectivity index (χ1) is 15.6. The molecule has 2 N–H and O–H groups in total. The van der Waals surface area contributed by atoms with Crippen LogP contribution in [0.2, 0.25) is 0 Å². The summed E-state index contributed by atoms with van der Waals surface area (Å²) in [6.07, 6.45) is -6.73. The van der Waals surface area contributed by atoms with Gasteiger partial charge < -0.3 is 5.32 Å². The molecular formula is C19H14F6N8. The highest BCUT2D eigenvalue weighted by atomic mass is 19.4. The van der Waals surface area contributed by atoms with Crippen LogP contribution in [0.5, 0.6) is 0 Å². The van der Waals surface area contributed by atoms with Gasteiger partial charge in [-0.2, -0.15) is 41.9 Å². The van der Waals surface area contributed by atoms with Crippen LogP contribution in [0.4, 0.5) is 32.0 Å². The lowest BCUT2D eigenvalue weighted by molar-refractivity contribution is -0.142. The van der Waals surface area contributed by atoms with Crippen molar-refractivity contribution in [1.82, 2.24) is 30.4 Å². The Morgan fingerprint density at radius 1 is 1.12 bits per heavy atom. The fourth-order valence-corrected chi connectivity index (χ4v) is 3.61. The van der Waals surface area contributed by atoms with Crippen LogP contribution < -0.4 is 5.32 Å². The minimum absolute atomic E-state index is 0.0294. The van der Waals surface area contributed by atoms with Gasteiger partial charge in [0.05, 0.1) is 16.9 Å². The zero-order valence-corrected chi connectivity index (χ0v) is 16.6. The predicted octanol–water partition coefficient (Wildman–Crippen LogP) is 4.28. The van der Waals surface area contributed by atoms with Crippen molar-refractivity contribution in [2.24, 2.45) is 0 Å². The molecule has 14 heteroatoms. The number of nitriles is 1. The van der Waals surface area contributed by atoms with Gasteiger partial charge in [-0.1, -0.05) is 0 Å². The highest BCUT2D eigenvalue weighted by molar-refractivity contribution is 5.75. The number of hydrogen-bond acceptors (Lipinski definition) is 6. The summed E-state index contributed by atoms with van der Waals surface area (Å²) in [5.74, 6) is -0.116. The van der Waals surface area contributed by atoms with Crippen LogP contribution in [0.15, 0.2) is 24.4 Å². The number of nitrogens with one attached hydrogen (secondary N) is 2. The Labute approximate surface area is 181 Å². The molecule has 0 amide bonds. The highest BCUT2D eigenvalue weighted by Crippen LogP contribution is 2.39. The molecule has 0 unspecified atom stereocenters. The average molecular weight is 468 g/mol. The van der Waals surface area contributed by atoms with Crippen molar-refractivity contribution in [3.05, 3.63) is 52.7 Å². The molecule has 0 aliphatic heterocycles. The standard InChI is InChI=1S/C19H14F6N8/c20-18(21,22)11-5-6-15(13(7-11)27-9-10(8-26)17-28-31-32-29-17)33-14-4-2-1-3-12(14)16(30-33)19(23,24)25/h5-7,9,27H,1-4H2,(H,28,29,31,32). The number of H-pyrrole nitrogens is 1. The number of alkyl halides is 6. The van der Waals surface area contributed by atoms with Gasteiger partial charge in [-0.3, -0.25) is 0 Å². The third-order valence-corrected chi connectivity index (χ3v) is 5.08. The highest BCUT2D eigenvalue weighted by Gasteiger charge is 2.40. The molecule has 0 bridgehead atoms. The molecule has 0 spiro atoms. The molecule has 2 heterocycles. The quantitative estimate of drug-likeness (QED) is 0.437. The van der Waals surface area contributed by atoms with Crippen LogP contribution in [0.25, 0.3) is 11.3 Å². The van der Waals surface area contributed by atoms with Gasteiger partial charge in [-0.15, -0.1) is 10.2 Å². The SMILES string of the molecule is N#CC(=CNc1cc(C(F)(F)F)ccc1-n1nc(C(F)(F)F)c2c1CCCC2)c1nn[nH]n1. The summed E-state index contributed by atoms with van der Waals surface area (Å²) in [6.45, 7) is 0. The molecular weight excluding hydrogens is 454 g/mol. The van der Waals surface area contributed by atoms with Crippen LogP contribution in [-0.4, -0.2) is 30.4 Å². The third-order valence-electron chi connectivity index (χ3n) is 5.08. The Balaban J connectivity index is 1.86. The lowest BCUT2D eigenvalue weighted by Crippen LogP contribution is -2.11. The molecule has 1 aliphatic rings. The second-order valence-corrected chi connectivity index (χ2v) is 7.17. The van der Waals surface area contributed by atoms with E-state index in [4.69, 9.17) is 0 Å². The summed E-state index contributed by atoms with van der Waals surface area (Å²) in [5, 5.41) is 28.3. The van der Waals surface area contributed by atoms with Gasteiger partial charge >= 0.3 is 12.4 Å². The van der Waals surface area contributed by atoms with E-state index in [1.54, 1.807) is 6.07 Å². The Morgan fingerprint density at radius 2 is 1.88 bits per heavy atom. The van der Waals surface area contributed by atoms with Crippen LogP contribution in [-0.2, 0) is 25.2 Å². The number of nitrogens with zero attached hydrogens (tertiary/aromatic N) is 6. The predicted molar refractivity (Wildman–Crippen MR) is 102 cm³/mol. The monoisotopic (exact) mass is 468 g/mol. The summed E-state index contributed by atoms with van der Waals surface area (Å²) in [5.41, 5.74) is -2.14. The molecule has 3 aromatic rings. The van der Waals surface area contributed by atoms with Gasteiger partial charge in [-0.05, 0) is 49.1 Å². The maximum Gasteiger partial charge on any atom is 0.435 e. The summed E-state index contributed by atoms with van der Waals surface area (Å²) < 4.78 is 81.7. The van der Waals surface area contributed by atoms with E-state index in [0.29, 0.717) is 25.0 Å². The number of aromatic nitrogens is 6. The molecule has 0 saturated heterocycles. The zero-order chi connectivity index (χ0) is 23.8. The van der Waals surface area contributed by atoms with Crippen molar-refractivity contribution in [3.63, 3.8) is 0 Å². The minimum atomic E-state index is -4.71. The molecule has 33 heavy (non-hydrogen) atoms. The van der Waals surface area contributed by atoms with Crippen molar-refractivity contribution >= 4 is 11.3 Å². The van der Waals surface area contributed by atoms with Crippen molar-refractivity contribution in [2.45, 2.75) is 38.0 Å². The van der Waals surface area contributed by atoms with E-state index < -0.39 is 23.6 Å². The molecule has 172 valence electrons. The second kappa shape index (κ2) is 8.23. The smallest absolute Gasteiger partial charge is 0.359 e. The Bertz CT molecular complexity index is 1230. The third kappa shape index (κ3) is 4.38. The molecule has 1 aliphatic carbocycles. The molecule has 2 aromatic heterocycles. The number of benzene rings is 1. The topological polar surface area (TPSA) is 108 Å². The summed E-state index contributed by atoms with van der Waals surface area (Å²) in [4.78, 5) is 0. The Hall–Kier alpha value is -3.89. The lowest BCUT2D eigenvalue weighted by atomic mass is 9.95. The number of aromatic amines is 1. The van der Waals surface area contributed by atoms with Gasteiger partial charge in [0, 0.05) is 17.5 Å². The number of halogens is 6. The molecule has 1 aromatic carbocycles. The first kappa shape index (κ1) is 22.3. The summed E-state index contributed by atoms with van der Waals surface area (Å²) in [6, 6.07) is 4.32. The number of allylic oxidation sites excluding steroid dienone is 1. The molecule has 4 rings (SSSR count). The van der Waals surface area contributed by atoms with Crippen LogP contribution in [0.3, 0.4) is 0 Å². The number of fused-ring (bicyclic) bond motifs is 1. The Kier molecular flexibility index (Phi) is 5.56. The number of rotatable bonds is 4. The van der Waals surface area contributed by atoms with Gasteiger partial charge in [0.25, 0.3) is 0 Å². The first-order valence-corrected chi connectivity index (χ1v) is 9.60. The van der Waals surface area contributed by atoms with E-state index in [2.05, 4.69) is 31.0 Å². The second-order valence-electron chi connectivity index (χ2n) is 7.17. The fourth-order valence-electron chi connectivity index (χ4n) is 3.61. The van der Waals surface area contributed by atoms with Crippen LogP contribution in [0.1, 0.15) is 41.2 Å². The van der Waals surface area contributed by atoms with E-state index in [9.17, 15) is 31.6 Å². The van der Waals surface area contributed by atoms with Gasteiger partial charge in [-0.25, -0.2) is 4.68 Å². The van der Waals surface area contributed by atoms with E-state index in [-0.39, 0.29) is 34.8 Å². The molecule has 0 atom stereocenters. The lowest BCUT2D eigenvalue weighted by Gasteiger charge is -2.18. The zero-order valence-electron chi connectivity index (χ0n) is 16.6. The number of tetrazole rings is 1. The van der Waals surface area contributed by atoms with Crippen molar-refractivity contribution in [2.75, 3.05) is 5.32 Å². The molecule has 8 nitrogen and oxygen atoms in total. The summed E-state index contributed by atoms with van der Waals surface area (Å²) in [7, 11) is 0. The van der Waals surface area contributed by atoms with E-state index in [1.165, 1.54) is 0 Å². The molecule has 0 saturated carbocycles. The van der Waals surface area contributed by atoms with E-state index >= 15 is 0 Å². The van der Waals surface area contributed by atoms with E-state index in [1.807, 2.05) is 0 Å². The Morgan fingerprint density at radius 3 is 2.52 bits per heavy atom. The number of hydrogen-bond donors (Lipinski definition) is 2. The largest absolute Gasteiger partial charge is 0.435 e. The van der Waals surface area contributed by atoms with Gasteiger partial charge in [0.2, 0.25) is 5.82 Å². The van der Waals surface area contributed by atoms with Crippen molar-refractivity contribution in [1.29, 1.82) is 5.26 Å². The average Bonchev–Trinajstić information content (AvgIpc) is 3.41. The van der Waals surface area contributed by atoms with Crippen molar-refractivity contribution in [3.8, 4) is 11.8 Å². The maximum atomic E-state index is 13.6. The fraction of sp³-hybridized carbons (Fsp3) is 0.316. The minimum Gasteiger partial charge on any atom is -0.359 e. The molecule has 0 radical (unpaired) electrons. The van der Waals surface area contributed by atoms with Crippen LogP contribution in [0, 0.1) is 11.3 Å².